The normalized spacial score (nSPS) is 23.6. The van der Waals surface area contributed by atoms with Crippen molar-refractivity contribution in [2.45, 2.75) is 31.9 Å². The van der Waals surface area contributed by atoms with E-state index in [0.29, 0.717) is 4.77 Å². The lowest BCUT2D eigenvalue weighted by atomic mass is 10.0. The molecular formula is C12H15N3OS2. The zero-order valence-corrected chi connectivity index (χ0v) is 11.8. The van der Waals surface area contributed by atoms with Crippen LogP contribution in [0.15, 0.2) is 17.5 Å². The first kappa shape index (κ1) is 12.1. The van der Waals surface area contributed by atoms with Gasteiger partial charge < -0.3 is 4.74 Å². The van der Waals surface area contributed by atoms with Gasteiger partial charge in [-0.25, -0.2) is 0 Å². The Labute approximate surface area is 115 Å². The lowest BCUT2D eigenvalue weighted by molar-refractivity contribution is 0.00623. The van der Waals surface area contributed by atoms with Crippen molar-refractivity contribution in [2.75, 3.05) is 6.61 Å². The Morgan fingerprint density at radius 2 is 2.56 bits per heavy atom. The Balaban J connectivity index is 1.96. The van der Waals surface area contributed by atoms with Crippen molar-refractivity contribution >= 4 is 23.6 Å². The fourth-order valence-electron chi connectivity index (χ4n) is 2.35. The third kappa shape index (κ3) is 2.15. The van der Waals surface area contributed by atoms with Crippen LogP contribution >= 0.6 is 23.6 Å². The number of H-pyrrole nitrogens is 1. The molecule has 1 atom stereocenters. The van der Waals surface area contributed by atoms with E-state index in [2.05, 4.69) is 23.2 Å². The van der Waals surface area contributed by atoms with Crippen LogP contribution in [0.25, 0.3) is 10.7 Å². The maximum atomic E-state index is 5.84. The van der Waals surface area contributed by atoms with E-state index >= 15 is 0 Å². The molecule has 0 aromatic carbocycles. The number of hydrogen-bond acceptors (Lipinski definition) is 4. The molecule has 96 valence electrons. The molecule has 0 bridgehead atoms. The summed E-state index contributed by atoms with van der Waals surface area (Å²) in [5.74, 6) is 0.909. The maximum Gasteiger partial charge on any atom is 0.195 e. The van der Waals surface area contributed by atoms with Gasteiger partial charge in [-0.1, -0.05) is 6.07 Å². The van der Waals surface area contributed by atoms with Crippen LogP contribution in [0.4, 0.5) is 0 Å². The molecule has 1 aliphatic heterocycles. The number of hydrogen-bond donors (Lipinski definition) is 1. The zero-order valence-electron chi connectivity index (χ0n) is 10.2. The molecule has 1 unspecified atom stereocenters. The van der Waals surface area contributed by atoms with Crippen molar-refractivity contribution in [3.05, 3.63) is 22.3 Å². The van der Waals surface area contributed by atoms with Gasteiger partial charge in [-0.3, -0.25) is 9.67 Å². The second-order valence-electron chi connectivity index (χ2n) is 4.82. The van der Waals surface area contributed by atoms with Crippen molar-refractivity contribution in [1.82, 2.24) is 14.8 Å². The van der Waals surface area contributed by atoms with E-state index in [1.807, 2.05) is 16.0 Å². The molecule has 3 heterocycles. The summed E-state index contributed by atoms with van der Waals surface area (Å²) in [6.07, 6.45) is 2.19. The molecule has 0 radical (unpaired) electrons. The predicted molar refractivity (Wildman–Crippen MR) is 74.3 cm³/mol. The Hall–Kier alpha value is -0.980. The summed E-state index contributed by atoms with van der Waals surface area (Å²) in [5, 5.41) is 9.26. The van der Waals surface area contributed by atoms with Crippen LogP contribution < -0.4 is 0 Å². The molecule has 0 amide bonds. The van der Waals surface area contributed by atoms with Gasteiger partial charge in [0.2, 0.25) is 0 Å². The second-order valence-corrected chi connectivity index (χ2v) is 6.15. The van der Waals surface area contributed by atoms with Crippen LogP contribution in [-0.4, -0.2) is 27.0 Å². The molecule has 0 saturated carbocycles. The molecule has 18 heavy (non-hydrogen) atoms. The fourth-order valence-corrected chi connectivity index (χ4v) is 3.27. The first-order valence-electron chi connectivity index (χ1n) is 6.01. The predicted octanol–water partition coefficient (Wildman–Crippen LogP) is 3.24. The minimum Gasteiger partial charge on any atom is -0.373 e. The van der Waals surface area contributed by atoms with E-state index in [0.717, 1.165) is 36.7 Å². The summed E-state index contributed by atoms with van der Waals surface area (Å²) in [5.41, 5.74) is -0.117. The van der Waals surface area contributed by atoms with Crippen molar-refractivity contribution in [1.29, 1.82) is 0 Å². The van der Waals surface area contributed by atoms with Crippen LogP contribution in [0, 0.1) is 4.77 Å². The lowest BCUT2D eigenvalue weighted by Crippen LogP contribution is -2.29. The second kappa shape index (κ2) is 4.60. The van der Waals surface area contributed by atoms with Gasteiger partial charge in [-0.2, -0.15) is 5.10 Å². The minimum absolute atomic E-state index is 0.117. The van der Waals surface area contributed by atoms with E-state index in [-0.39, 0.29) is 5.60 Å². The first-order valence-corrected chi connectivity index (χ1v) is 7.30. The highest BCUT2D eigenvalue weighted by atomic mass is 32.1. The molecule has 4 nitrogen and oxygen atoms in total. The molecule has 2 aromatic rings. The van der Waals surface area contributed by atoms with Gasteiger partial charge in [0.1, 0.15) is 0 Å². The Bertz CT molecular complexity index is 579. The summed E-state index contributed by atoms with van der Waals surface area (Å²) >= 11 is 6.99. The van der Waals surface area contributed by atoms with Gasteiger partial charge in [0, 0.05) is 6.61 Å². The summed E-state index contributed by atoms with van der Waals surface area (Å²) in [7, 11) is 0. The van der Waals surface area contributed by atoms with Crippen molar-refractivity contribution < 1.29 is 4.74 Å². The SMILES string of the molecule is CC1(Cn2c(-c3cccs3)n[nH]c2=S)CCCO1. The summed E-state index contributed by atoms with van der Waals surface area (Å²) < 4.78 is 8.55. The molecule has 2 aromatic heterocycles. The smallest absolute Gasteiger partial charge is 0.195 e. The minimum atomic E-state index is -0.117. The van der Waals surface area contributed by atoms with Gasteiger partial charge in [-0.05, 0) is 43.4 Å². The number of rotatable bonds is 3. The zero-order chi connectivity index (χ0) is 12.6. The molecule has 0 spiro atoms. The number of nitrogens with one attached hydrogen (secondary N) is 1. The van der Waals surface area contributed by atoms with Crippen LogP contribution in [0.5, 0.6) is 0 Å². The Morgan fingerprint density at radius 1 is 1.67 bits per heavy atom. The molecule has 6 heteroatoms. The number of aromatic nitrogens is 3. The van der Waals surface area contributed by atoms with Gasteiger partial charge in [-0.15, -0.1) is 11.3 Å². The topological polar surface area (TPSA) is 42.8 Å². The summed E-state index contributed by atoms with van der Waals surface area (Å²) in [4.78, 5) is 1.13. The maximum absolute atomic E-state index is 5.84. The van der Waals surface area contributed by atoms with Crippen LogP contribution in [0.2, 0.25) is 0 Å². The van der Waals surface area contributed by atoms with Crippen molar-refractivity contribution in [3.8, 4) is 10.7 Å². The average molecular weight is 281 g/mol. The number of nitrogens with zero attached hydrogens (tertiary/aromatic N) is 2. The fraction of sp³-hybridized carbons (Fsp3) is 0.500. The van der Waals surface area contributed by atoms with Gasteiger partial charge in [0.05, 0.1) is 17.0 Å². The highest BCUT2D eigenvalue weighted by Gasteiger charge is 2.31. The first-order chi connectivity index (χ1) is 8.68. The van der Waals surface area contributed by atoms with Crippen molar-refractivity contribution in [2.24, 2.45) is 0 Å². The van der Waals surface area contributed by atoms with Gasteiger partial charge >= 0.3 is 0 Å². The quantitative estimate of drug-likeness (QED) is 0.878. The van der Waals surface area contributed by atoms with Crippen molar-refractivity contribution in [3.63, 3.8) is 0 Å². The largest absolute Gasteiger partial charge is 0.373 e. The van der Waals surface area contributed by atoms with E-state index in [1.165, 1.54) is 0 Å². The van der Waals surface area contributed by atoms with E-state index in [9.17, 15) is 0 Å². The average Bonchev–Trinajstić information content (AvgIpc) is 3.03. The van der Waals surface area contributed by atoms with Gasteiger partial charge in [0.25, 0.3) is 0 Å². The summed E-state index contributed by atoms with van der Waals surface area (Å²) in [6.45, 7) is 3.75. The summed E-state index contributed by atoms with van der Waals surface area (Å²) in [6, 6.07) is 4.08. The molecule has 1 aliphatic rings. The third-order valence-electron chi connectivity index (χ3n) is 3.29. The van der Waals surface area contributed by atoms with Crippen LogP contribution in [0.3, 0.4) is 0 Å². The molecule has 1 fully saturated rings. The molecule has 0 aliphatic carbocycles. The van der Waals surface area contributed by atoms with Gasteiger partial charge in [0.15, 0.2) is 10.6 Å². The van der Waals surface area contributed by atoms with E-state index in [1.54, 1.807) is 11.3 Å². The number of aromatic amines is 1. The number of thiophene rings is 1. The molecule has 3 rings (SSSR count). The molecule has 1 saturated heterocycles. The highest BCUT2D eigenvalue weighted by molar-refractivity contribution is 7.71. The standard InChI is InChI=1S/C12H15N3OS2/c1-12(5-3-6-16-12)8-15-10(13-14-11(15)17)9-4-2-7-18-9/h2,4,7H,3,5-6,8H2,1H3,(H,14,17). The number of ether oxygens (including phenoxy) is 1. The molecular weight excluding hydrogens is 266 g/mol. The highest BCUT2D eigenvalue weighted by Crippen LogP contribution is 2.30. The Kier molecular flexibility index (Phi) is 3.09. The lowest BCUT2D eigenvalue weighted by Gasteiger charge is -2.23. The Morgan fingerprint density at radius 3 is 3.22 bits per heavy atom. The van der Waals surface area contributed by atoms with E-state index < -0.39 is 0 Å². The van der Waals surface area contributed by atoms with Crippen LogP contribution in [-0.2, 0) is 11.3 Å². The third-order valence-corrected chi connectivity index (χ3v) is 4.47. The van der Waals surface area contributed by atoms with E-state index in [4.69, 9.17) is 17.0 Å². The monoisotopic (exact) mass is 281 g/mol. The van der Waals surface area contributed by atoms with Crippen LogP contribution in [0.1, 0.15) is 19.8 Å². The molecule has 1 N–H and O–H groups in total.